The number of nitrogens with zero attached hydrogens (tertiary/aromatic N) is 3. The Kier molecular flexibility index (Phi) is 6.56. The van der Waals surface area contributed by atoms with Crippen LogP contribution in [-0.4, -0.2) is 66.9 Å². The number of halogens is 1. The number of amides is 4. The summed E-state index contributed by atoms with van der Waals surface area (Å²) < 4.78 is 13.3. The molecule has 4 amide bonds. The van der Waals surface area contributed by atoms with E-state index in [0.717, 1.165) is 48.9 Å². The van der Waals surface area contributed by atoms with Gasteiger partial charge in [-0.05, 0) is 61.9 Å². The van der Waals surface area contributed by atoms with Crippen LogP contribution in [0.4, 0.5) is 20.6 Å². The van der Waals surface area contributed by atoms with Crippen molar-refractivity contribution in [2.45, 2.75) is 26.3 Å². The van der Waals surface area contributed by atoms with E-state index in [2.05, 4.69) is 27.4 Å². The van der Waals surface area contributed by atoms with Crippen molar-refractivity contribution in [3.8, 4) is 0 Å². The first-order chi connectivity index (χ1) is 16.2. The number of likely N-dealkylation sites (N-methyl/N-ethyl adjacent to an activating group) is 1. The summed E-state index contributed by atoms with van der Waals surface area (Å²) in [6.45, 7) is 10.3. The summed E-state index contributed by atoms with van der Waals surface area (Å²) >= 11 is 0. The van der Waals surface area contributed by atoms with Gasteiger partial charge in [0, 0.05) is 37.6 Å². The Morgan fingerprint density at radius 3 is 2.38 bits per heavy atom. The molecule has 0 saturated carbocycles. The van der Waals surface area contributed by atoms with Crippen molar-refractivity contribution in [3.05, 3.63) is 59.4 Å². The molecule has 34 heavy (non-hydrogen) atoms. The molecular formula is C25H30FN5O3. The summed E-state index contributed by atoms with van der Waals surface area (Å²) in [6.07, 6.45) is 0. The van der Waals surface area contributed by atoms with Gasteiger partial charge >= 0.3 is 6.03 Å². The summed E-state index contributed by atoms with van der Waals surface area (Å²) in [5, 5.41) is 5.40. The van der Waals surface area contributed by atoms with Crippen LogP contribution in [0.15, 0.2) is 42.5 Å². The first-order valence-electron chi connectivity index (χ1n) is 11.5. The van der Waals surface area contributed by atoms with Gasteiger partial charge in [-0.2, -0.15) is 0 Å². The number of aryl methyl sites for hydroxylation is 1. The van der Waals surface area contributed by atoms with Crippen molar-refractivity contribution >= 4 is 29.2 Å². The van der Waals surface area contributed by atoms with E-state index in [9.17, 15) is 18.8 Å². The standard InChI is InChI=1S/C25H30FN5O3/c1-4-29-11-13-30(14-12-29)21-10-9-20(15-17(21)2)27-22(32)16-31-23(33)25(3,28-24(31)34)18-5-7-19(26)8-6-18/h5-10,15H,4,11-14,16H2,1-3H3,(H,27,32)(H,28,34). The number of hydrogen-bond donors (Lipinski definition) is 2. The molecule has 2 heterocycles. The zero-order chi connectivity index (χ0) is 24.5. The molecule has 1 unspecified atom stereocenters. The number of benzene rings is 2. The SMILES string of the molecule is CCN1CCN(c2ccc(NC(=O)CN3C(=O)NC(C)(c4ccc(F)cc4)C3=O)cc2C)CC1. The van der Waals surface area contributed by atoms with Crippen LogP contribution in [0.25, 0.3) is 0 Å². The molecule has 8 nitrogen and oxygen atoms in total. The van der Waals surface area contributed by atoms with Crippen molar-refractivity contribution in [3.63, 3.8) is 0 Å². The highest BCUT2D eigenvalue weighted by Crippen LogP contribution is 2.29. The number of hydrogen-bond acceptors (Lipinski definition) is 5. The van der Waals surface area contributed by atoms with Crippen LogP contribution in [0.5, 0.6) is 0 Å². The molecule has 0 bridgehead atoms. The second-order valence-electron chi connectivity index (χ2n) is 8.92. The van der Waals surface area contributed by atoms with E-state index in [1.54, 1.807) is 6.92 Å². The normalized spacial score (nSPS) is 21.1. The van der Waals surface area contributed by atoms with Gasteiger partial charge in [0.2, 0.25) is 5.91 Å². The smallest absolute Gasteiger partial charge is 0.325 e. The van der Waals surface area contributed by atoms with Gasteiger partial charge in [0.25, 0.3) is 5.91 Å². The molecule has 4 rings (SSSR count). The van der Waals surface area contributed by atoms with Crippen LogP contribution < -0.4 is 15.5 Å². The third-order valence-electron chi connectivity index (χ3n) is 6.64. The molecule has 2 saturated heterocycles. The van der Waals surface area contributed by atoms with E-state index in [1.165, 1.54) is 24.3 Å². The molecule has 9 heteroatoms. The highest BCUT2D eigenvalue weighted by molar-refractivity contribution is 6.10. The van der Waals surface area contributed by atoms with Crippen molar-refractivity contribution in [2.75, 3.05) is 49.5 Å². The van der Waals surface area contributed by atoms with Gasteiger partial charge in [-0.1, -0.05) is 19.1 Å². The Bertz CT molecular complexity index is 1100. The predicted molar refractivity (Wildman–Crippen MR) is 128 cm³/mol. The Morgan fingerprint density at radius 2 is 1.76 bits per heavy atom. The zero-order valence-corrected chi connectivity index (χ0v) is 19.7. The van der Waals surface area contributed by atoms with E-state index in [4.69, 9.17) is 0 Å². The lowest BCUT2D eigenvalue weighted by atomic mass is 9.92. The highest BCUT2D eigenvalue weighted by Gasteiger charge is 2.49. The summed E-state index contributed by atoms with van der Waals surface area (Å²) in [5.74, 6) is -1.47. The summed E-state index contributed by atoms with van der Waals surface area (Å²) in [5.41, 5.74) is 1.87. The third-order valence-corrected chi connectivity index (χ3v) is 6.64. The molecule has 0 spiro atoms. The molecule has 2 aliphatic heterocycles. The maximum absolute atomic E-state index is 13.3. The summed E-state index contributed by atoms with van der Waals surface area (Å²) in [7, 11) is 0. The molecule has 0 radical (unpaired) electrons. The van der Waals surface area contributed by atoms with Gasteiger partial charge in [-0.15, -0.1) is 0 Å². The molecule has 2 aliphatic rings. The van der Waals surface area contributed by atoms with E-state index in [0.29, 0.717) is 11.3 Å². The Morgan fingerprint density at radius 1 is 1.09 bits per heavy atom. The van der Waals surface area contributed by atoms with Gasteiger partial charge in [-0.3, -0.25) is 14.5 Å². The Hall–Kier alpha value is -3.46. The number of piperazine rings is 1. The molecule has 0 aliphatic carbocycles. The monoisotopic (exact) mass is 467 g/mol. The van der Waals surface area contributed by atoms with Crippen LogP contribution in [-0.2, 0) is 15.1 Å². The average molecular weight is 468 g/mol. The lowest BCUT2D eigenvalue weighted by Crippen LogP contribution is -2.46. The van der Waals surface area contributed by atoms with E-state index >= 15 is 0 Å². The maximum Gasteiger partial charge on any atom is 0.325 e. The van der Waals surface area contributed by atoms with Crippen LogP contribution in [0.2, 0.25) is 0 Å². The van der Waals surface area contributed by atoms with Crippen LogP contribution >= 0.6 is 0 Å². The number of carbonyl (C=O) groups is 3. The van der Waals surface area contributed by atoms with Crippen LogP contribution in [0.1, 0.15) is 25.0 Å². The first kappa shape index (κ1) is 23.7. The second-order valence-corrected chi connectivity index (χ2v) is 8.92. The Labute approximate surface area is 198 Å². The van der Waals surface area contributed by atoms with E-state index < -0.39 is 35.7 Å². The van der Waals surface area contributed by atoms with Gasteiger partial charge < -0.3 is 20.4 Å². The minimum atomic E-state index is -1.36. The van der Waals surface area contributed by atoms with Gasteiger partial charge in [0.15, 0.2) is 0 Å². The number of imide groups is 1. The minimum absolute atomic E-state index is 0.415. The Balaban J connectivity index is 1.40. The van der Waals surface area contributed by atoms with Gasteiger partial charge in [-0.25, -0.2) is 9.18 Å². The third kappa shape index (κ3) is 4.61. The van der Waals surface area contributed by atoms with Crippen molar-refractivity contribution in [1.29, 1.82) is 0 Å². The number of urea groups is 1. The van der Waals surface area contributed by atoms with Crippen LogP contribution in [0.3, 0.4) is 0 Å². The maximum atomic E-state index is 13.3. The first-order valence-corrected chi connectivity index (χ1v) is 11.5. The molecule has 0 aromatic heterocycles. The van der Waals surface area contributed by atoms with Crippen molar-refractivity contribution < 1.29 is 18.8 Å². The molecular weight excluding hydrogens is 437 g/mol. The lowest BCUT2D eigenvalue weighted by molar-refractivity contribution is -0.133. The number of carbonyl (C=O) groups excluding carboxylic acids is 3. The topological polar surface area (TPSA) is 85.0 Å². The second kappa shape index (κ2) is 9.42. The van der Waals surface area contributed by atoms with E-state index in [-0.39, 0.29) is 0 Å². The molecule has 2 aromatic rings. The largest absolute Gasteiger partial charge is 0.369 e. The van der Waals surface area contributed by atoms with Crippen molar-refractivity contribution in [1.82, 2.24) is 15.1 Å². The number of anilines is 2. The zero-order valence-electron chi connectivity index (χ0n) is 19.7. The molecule has 180 valence electrons. The summed E-state index contributed by atoms with van der Waals surface area (Å²) in [4.78, 5) is 43.8. The minimum Gasteiger partial charge on any atom is -0.369 e. The van der Waals surface area contributed by atoms with Crippen LogP contribution in [0, 0.1) is 12.7 Å². The number of rotatable bonds is 6. The van der Waals surface area contributed by atoms with E-state index in [1.807, 2.05) is 25.1 Å². The average Bonchev–Trinajstić information content (AvgIpc) is 3.03. The number of nitrogens with one attached hydrogen (secondary N) is 2. The van der Waals surface area contributed by atoms with Crippen molar-refractivity contribution in [2.24, 2.45) is 0 Å². The quantitative estimate of drug-likeness (QED) is 0.638. The molecule has 2 aromatic carbocycles. The fourth-order valence-electron chi connectivity index (χ4n) is 4.56. The van der Waals surface area contributed by atoms with Gasteiger partial charge in [0.05, 0.1) is 0 Å². The molecule has 2 fully saturated rings. The van der Waals surface area contributed by atoms with Gasteiger partial charge in [0.1, 0.15) is 17.9 Å². The molecule has 1 atom stereocenters. The molecule has 2 N–H and O–H groups in total. The fourth-order valence-corrected chi connectivity index (χ4v) is 4.56. The fraction of sp³-hybridized carbons (Fsp3) is 0.400. The predicted octanol–water partition coefficient (Wildman–Crippen LogP) is 2.68. The summed E-state index contributed by atoms with van der Waals surface area (Å²) in [6, 6.07) is 10.4. The highest BCUT2D eigenvalue weighted by atomic mass is 19.1. The lowest BCUT2D eigenvalue weighted by Gasteiger charge is -2.36.